The summed E-state index contributed by atoms with van der Waals surface area (Å²) in [6.45, 7) is 7.08. The highest BCUT2D eigenvalue weighted by atomic mass is 16.6. The molecule has 168 valence electrons. The Morgan fingerprint density at radius 1 is 0.800 bits per heavy atom. The van der Waals surface area contributed by atoms with Gasteiger partial charge in [0, 0.05) is 25.0 Å². The number of hydrogen-bond acceptors (Lipinski definition) is 9. The monoisotopic (exact) mass is 428 g/mol. The number of ether oxygens (including phenoxy) is 4. The van der Waals surface area contributed by atoms with Gasteiger partial charge in [-0.1, -0.05) is 20.1 Å². The number of carbonyl (C=O) groups is 5. The molecule has 0 aromatic rings. The van der Waals surface area contributed by atoms with Crippen molar-refractivity contribution in [1.29, 1.82) is 0 Å². The fourth-order valence-electron chi connectivity index (χ4n) is 2.00. The van der Waals surface area contributed by atoms with Crippen LogP contribution in [0.1, 0.15) is 39.0 Å². The second kappa shape index (κ2) is 14.8. The molecule has 10 heteroatoms. The number of hydrogen-bond donors (Lipinski definition) is 1. The maximum absolute atomic E-state index is 11.8. The Bertz CT molecular complexity index is 593. The number of aliphatic carboxylic acids is 1. The zero-order valence-corrected chi connectivity index (χ0v) is 17.1. The first-order chi connectivity index (χ1) is 14.2. The summed E-state index contributed by atoms with van der Waals surface area (Å²) in [5, 5.41) is 9.54. The second-order valence-electron chi connectivity index (χ2n) is 6.21. The molecule has 0 saturated carbocycles. The van der Waals surface area contributed by atoms with Crippen molar-refractivity contribution in [1.82, 2.24) is 0 Å². The first kappa shape index (κ1) is 26.8. The predicted molar refractivity (Wildman–Crippen MR) is 103 cm³/mol. The van der Waals surface area contributed by atoms with Gasteiger partial charge in [-0.15, -0.1) is 0 Å². The van der Waals surface area contributed by atoms with Gasteiger partial charge in [0.2, 0.25) is 0 Å². The van der Waals surface area contributed by atoms with E-state index >= 15 is 0 Å². The highest BCUT2D eigenvalue weighted by Crippen LogP contribution is 2.24. The molecule has 0 atom stereocenters. The van der Waals surface area contributed by atoms with E-state index in [0.717, 1.165) is 12.2 Å². The average molecular weight is 428 g/mol. The number of carbonyl (C=O) groups excluding carboxylic acids is 4. The van der Waals surface area contributed by atoms with E-state index in [1.807, 2.05) is 0 Å². The Morgan fingerprint density at radius 2 is 1.20 bits per heavy atom. The molecule has 0 aromatic carbocycles. The summed E-state index contributed by atoms with van der Waals surface area (Å²) < 4.78 is 19.5. The van der Waals surface area contributed by atoms with Gasteiger partial charge in [-0.3, -0.25) is 14.4 Å². The first-order valence-electron chi connectivity index (χ1n) is 9.33. The van der Waals surface area contributed by atoms with Crippen LogP contribution in [0.25, 0.3) is 0 Å². The molecule has 0 fully saturated rings. The Morgan fingerprint density at radius 3 is 1.50 bits per heavy atom. The molecule has 0 aliphatic carbocycles. The minimum absolute atomic E-state index is 0.00245. The maximum Gasteiger partial charge on any atom is 0.330 e. The Labute approximate surface area is 174 Å². The second-order valence-corrected chi connectivity index (χ2v) is 6.21. The summed E-state index contributed by atoms with van der Waals surface area (Å²) in [7, 11) is 0. The summed E-state index contributed by atoms with van der Waals surface area (Å²) in [5.41, 5.74) is -1.59. The van der Waals surface area contributed by atoms with E-state index in [1.54, 1.807) is 6.92 Å². The molecule has 0 rings (SSSR count). The SMILES string of the molecule is C=CC(=O)OCCCC(=O)OCC(CC)(COC(=O)CCCOC(=O)C=C)C(=O)O. The zero-order chi connectivity index (χ0) is 23.0. The molecule has 0 aliphatic heterocycles. The van der Waals surface area contributed by atoms with Crippen LogP contribution in [0.5, 0.6) is 0 Å². The standard InChI is InChI=1S/C20H28O10/c1-4-15(21)27-11-7-9-17(23)29-13-20(6-3,19(25)26)14-30-18(24)10-8-12-28-16(22)5-2/h4-5H,1-2,6-14H2,3H3,(H,25,26). The van der Waals surface area contributed by atoms with Crippen LogP contribution in [0.2, 0.25) is 0 Å². The van der Waals surface area contributed by atoms with E-state index in [9.17, 15) is 29.1 Å². The average Bonchev–Trinajstić information content (AvgIpc) is 2.73. The normalized spacial score (nSPS) is 10.4. The van der Waals surface area contributed by atoms with Crippen LogP contribution in [0.15, 0.2) is 25.3 Å². The van der Waals surface area contributed by atoms with Crippen molar-refractivity contribution < 1.29 is 48.0 Å². The third kappa shape index (κ3) is 11.0. The molecule has 0 unspecified atom stereocenters. The Hall–Kier alpha value is -3.17. The van der Waals surface area contributed by atoms with E-state index in [1.165, 1.54) is 0 Å². The Kier molecular flexibility index (Phi) is 13.2. The highest BCUT2D eigenvalue weighted by molar-refractivity contribution is 5.81. The molecule has 0 bridgehead atoms. The largest absolute Gasteiger partial charge is 0.481 e. The predicted octanol–water partition coefficient (Wildman–Crippen LogP) is 1.57. The number of carboxylic acid groups (broad SMARTS) is 1. The van der Waals surface area contributed by atoms with Gasteiger partial charge in [0.05, 0.1) is 13.2 Å². The molecule has 0 aromatic heterocycles. The van der Waals surface area contributed by atoms with Crippen LogP contribution in [-0.2, 0) is 42.9 Å². The molecular formula is C20H28O10. The van der Waals surface area contributed by atoms with Gasteiger partial charge < -0.3 is 24.1 Å². The van der Waals surface area contributed by atoms with Gasteiger partial charge >= 0.3 is 29.8 Å². The van der Waals surface area contributed by atoms with Crippen LogP contribution in [0.3, 0.4) is 0 Å². The lowest BCUT2D eigenvalue weighted by atomic mass is 9.87. The van der Waals surface area contributed by atoms with Crippen LogP contribution in [0.4, 0.5) is 0 Å². The summed E-state index contributed by atoms with van der Waals surface area (Å²) in [6.07, 6.45) is 2.30. The quantitative estimate of drug-likeness (QED) is 0.166. The molecule has 0 amide bonds. The van der Waals surface area contributed by atoms with E-state index < -0.39 is 48.5 Å². The molecule has 0 heterocycles. The van der Waals surface area contributed by atoms with Gasteiger partial charge in [0.15, 0.2) is 0 Å². The zero-order valence-electron chi connectivity index (χ0n) is 17.1. The molecule has 30 heavy (non-hydrogen) atoms. The van der Waals surface area contributed by atoms with Crippen LogP contribution in [-0.4, -0.2) is 61.4 Å². The van der Waals surface area contributed by atoms with Crippen molar-refractivity contribution in [2.45, 2.75) is 39.0 Å². The summed E-state index contributed by atoms with van der Waals surface area (Å²) in [5.74, 6) is -3.83. The van der Waals surface area contributed by atoms with Gasteiger partial charge in [0.25, 0.3) is 0 Å². The van der Waals surface area contributed by atoms with Crippen molar-refractivity contribution in [3.05, 3.63) is 25.3 Å². The van der Waals surface area contributed by atoms with Crippen molar-refractivity contribution in [2.24, 2.45) is 5.41 Å². The maximum atomic E-state index is 11.8. The van der Waals surface area contributed by atoms with Crippen molar-refractivity contribution in [3.63, 3.8) is 0 Å². The molecule has 0 spiro atoms. The van der Waals surface area contributed by atoms with Gasteiger partial charge in [-0.25, -0.2) is 9.59 Å². The van der Waals surface area contributed by atoms with Gasteiger partial charge in [-0.05, 0) is 19.3 Å². The minimum Gasteiger partial charge on any atom is -0.481 e. The van der Waals surface area contributed by atoms with Crippen molar-refractivity contribution >= 4 is 29.8 Å². The van der Waals surface area contributed by atoms with Crippen LogP contribution >= 0.6 is 0 Å². The van der Waals surface area contributed by atoms with Crippen LogP contribution in [0, 0.1) is 5.41 Å². The molecule has 0 saturated heterocycles. The van der Waals surface area contributed by atoms with E-state index in [-0.39, 0.29) is 45.3 Å². The fraction of sp³-hybridized carbons (Fsp3) is 0.550. The molecule has 1 N–H and O–H groups in total. The number of esters is 4. The third-order valence-corrected chi connectivity index (χ3v) is 4.02. The smallest absolute Gasteiger partial charge is 0.330 e. The summed E-state index contributed by atoms with van der Waals surface area (Å²) >= 11 is 0. The lowest BCUT2D eigenvalue weighted by molar-refractivity contribution is -0.168. The lowest BCUT2D eigenvalue weighted by Crippen LogP contribution is -2.41. The molecule has 0 aliphatic rings. The van der Waals surface area contributed by atoms with Gasteiger partial charge in [0.1, 0.15) is 18.6 Å². The minimum atomic E-state index is -1.59. The van der Waals surface area contributed by atoms with Gasteiger partial charge in [-0.2, -0.15) is 0 Å². The van der Waals surface area contributed by atoms with E-state index in [0.29, 0.717) is 0 Å². The fourth-order valence-corrected chi connectivity index (χ4v) is 2.00. The number of carboxylic acids is 1. The topological polar surface area (TPSA) is 142 Å². The first-order valence-corrected chi connectivity index (χ1v) is 9.33. The summed E-state index contributed by atoms with van der Waals surface area (Å²) in [4.78, 5) is 57.1. The molecular weight excluding hydrogens is 400 g/mol. The third-order valence-electron chi connectivity index (χ3n) is 4.02. The Balaban J connectivity index is 4.44. The van der Waals surface area contributed by atoms with Crippen molar-refractivity contribution in [3.8, 4) is 0 Å². The van der Waals surface area contributed by atoms with Crippen molar-refractivity contribution in [2.75, 3.05) is 26.4 Å². The highest BCUT2D eigenvalue weighted by Gasteiger charge is 2.40. The van der Waals surface area contributed by atoms with E-state index in [2.05, 4.69) is 13.2 Å². The summed E-state index contributed by atoms with van der Waals surface area (Å²) in [6, 6.07) is 0. The lowest BCUT2D eigenvalue weighted by Gasteiger charge is -2.27. The molecule has 0 radical (unpaired) electrons. The number of rotatable bonds is 16. The molecule has 10 nitrogen and oxygen atoms in total. The van der Waals surface area contributed by atoms with E-state index in [4.69, 9.17) is 18.9 Å². The van der Waals surface area contributed by atoms with Crippen LogP contribution < -0.4 is 0 Å².